The van der Waals surface area contributed by atoms with E-state index in [0.29, 0.717) is 17.4 Å². The fourth-order valence-corrected chi connectivity index (χ4v) is 2.68. The molecule has 2 amide bonds. The molecule has 2 rings (SSSR count). The molecule has 0 aliphatic carbocycles. The van der Waals surface area contributed by atoms with Crippen LogP contribution < -0.4 is 16.0 Å². The number of hydrogen-bond acceptors (Lipinski definition) is 6. The quantitative estimate of drug-likeness (QED) is 0.697. The van der Waals surface area contributed by atoms with E-state index in [9.17, 15) is 9.59 Å². The van der Waals surface area contributed by atoms with E-state index in [4.69, 9.17) is 0 Å². The van der Waals surface area contributed by atoms with Crippen LogP contribution in [0.1, 0.15) is 17.4 Å². The SMILES string of the molecule is CC(=O)Nc1nc(C(=O)NCCN2CCNCC2)cs1. The molecule has 1 saturated heterocycles. The summed E-state index contributed by atoms with van der Waals surface area (Å²) in [5.41, 5.74) is 0.346. The second-order valence-electron chi connectivity index (χ2n) is 4.57. The van der Waals surface area contributed by atoms with Crippen molar-refractivity contribution < 1.29 is 9.59 Å². The van der Waals surface area contributed by atoms with Crippen LogP contribution in [0.15, 0.2) is 5.38 Å². The molecule has 0 aromatic carbocycles. The Balaban J connectivity index is 1.73. The van der Waals surface area contributed by atoms with Crippen LogP contribution in [0.5, 0.6) is 0 Å². The lowest BCUT2D eigenvalue weighted by molar-refractivity contribution is -0.114. The Hall–Kier alpha value is -1.51. The predicted octanol–water partition coefficient (Wildman–Crippen LogP) is -0.263. The number of nitrogens with one attached hydrogen (secondary N) is 3. The number of nitrogens with zero attached hydrogens (tertiary/aromatic N) is 2. The molecule has 1 aromatic heterocycles. The first-order valence-corrected chi connectivity index (χ1v) is 7.47. The molecule has 0 atom stereocenters. The average molecular weight is 297 g/mol. The molecule has 0 radical (unpaired) electrons. The summed E-state index contributed by atoms with van der Waals surface area (Å²) in [6.45, 7) is 6.88. The lowest BCUT2D eigenvalue weighted by atomic mass is 10.3. The first kappa shape index (κ1) is 14.9. The third kappa shape index (κ3) is 4.55. The predicted molar refractivity (Wildman–Crippen MR) is 78.1 cm³/mol. The van der Waals surface area contributed by atoms with Crippen LogP contribution >= 0.6 is 11.3 Å². The highest BCUT2D eigenvalue weighted by Gasteiger charge is 2.12. The molecule has 1 aromatic rings. The van der Waals surface area contributed by atoms with Crippen LogP contribution in [-0.2, 0) is 4.79 Å². The minimum atomic E-state index is -0.201. The summed E-state index contributed by atoms with van der Waals surface area (Å²) in [4.78, 5) is 29.1. The molecule has 2 heterocycles. The Bertz CT molecular complexity index is 470. The molecule has 20 heavy (non-hydrogen) atoms. The Morgan fingerprint density at radius 3 is 2.90 bits per heavy atom. The highest BCUT2D eigenvalue weighted by molar-refractivity contribution is 7.14. The molecular formula is C12H19N5O2S. The standard InChI is InChI=1S/C12H19N5O2S/c1-9(18)15-12-16-10(8-20-12)11(19)14-4-7-17-5-2-13-3-6-17/h8,13H,2-7H2,1H3,(H,14,19)(H,15,16,18). The van der Waals surface area contributed by atoms with Gasteiger partial charge in [-0.15, -0.1) is 11.3 Å². The number of rotatable bonds is 5. The van der Waals surface area contributed by atoms with E-state index in [-0.39, 0.29) is 11.8 Å². The van der Waals surface area contributed by atoms with Gasteiger partial charge in [0.05, 0.1) is 0 Å². The molecule has 0 saturated carbocycles. The molecule has 7 nitrogen and oxygen atoms in total. The number of anilines is 1. The van der Waals surface area contributed by atoms with Gasteiger partial charge in [-0.25, -0.2) is 4.98 Å². The van der Waals surface area contributed by atoms with Gasteiger partial charge in [0.1, 0.15) is 5.69 Å². The zero-order valence-electron chi connectivity index (χ0n) is 11.4. The van der Waals surface area contributed by atoms with Crippen molar-refractivity contribution in [2.75, 3.05) is 44.6 Å². The van der Waals surface area contributed by atoms with Gasteiger partial charge in [0.2, 0.25) is 5.91 Å². The summed E-state index contributed by atoms with van der Waals surface area (Å²) in [5, 5.41) is 10.8. The molecule has 1 aliphatic heterocycles. The number of piperazine rings is 1. The van der Waals surface area contributed by atoms with Crippen molar-refractivity contribution >= 4 is 28.3 Å². The highest BCUT2D eigenvalue weighted by atomic mass is 32.1. The van der Waals surface area contributed by atoms with Gasteiger partial charge in [-0.2, -0.15) is 0 Å². The smallest absolute Gasteiger partial charge is 0.270 e. The Morgan fingerprint density at radius 1 is 1.45 bits per heavy atom. The average Bonchev–Trinajstić information content (AvgIpc) is 2.87. The second kappa shape index (κ2) is 7.32. The second-order valence-corrected chi connectivity index (χ2v) is 5.42. The van der Waals surface area contributed by atoms with Gasteiger partial charge in [0.15, 0.2) is 5.13 Å². The van der Waals surface area contributed by atoms with E-state index in [1.165, 1.54) is 18.3 Å². The lowest BCUT2D eigenvalue weighted by Gasteiger charge is -2.26. The Labute approximate surface area is 121 Å². The van der Waals surface area contributed by atoms with Crippen molar-refractivity contribution in [1.82, 2.24) is 20.5 Å². The molecule has 0 spiro atoms. The minimum absolute atomic E-state index is 0.190. The zero-order chi connectivity index (χ0) is 14.4. The van der Waals surface area contributed by atoms with E-state index < -0.39 is 0 Å². The largest absolute Gasteiger partial charge is 0.349 e. The molecule has 110 valence electrons. The lowest BCUT2D eigenvalue weighted by Crippen LogP contribution is -2.46. The van der Waals surface area contributed by atoms with E-state index in [1.807, 2.05) is 0 Å². The van der Waals surface area contributed by atoms with Gasteiger partial charge in [0.25, 0.3) is 5.91 Å². The van der Waals surface area contributed by atoms with Crippen molar-refractivity contribution in [3.8, 4) is 0 Å². The van der Waals surface area contributed by atoms with Crippen LogP contribution in [-0.4, -0.2) is 61.0 Å². The van der Waals surface area contributed by atoms with Gasteiger partial charge < -0.3 is 16.0 Å². The van der Waals surface area contributed by atoms with Crippen molar-refractivity contribution in [2.24, 2.45) is 0 Å². The summed E-state index contributed by atoms with van der Waals surface area (Å²) < 4.78 is 0. The van der Waals surface area contributed by atoms with Crippen molar-refractivity contribution in [3.05, 3.63) is 11.1 Å². The number of thiazole rings is 1. The molecular weight excluding hydrogens is 278 g/mol. The van der Waals surface area contributed by atoms with Crippen LogP contribution in [0.25, 0.3) is 0 Å². The number of carbonyl (C=O) groups is 2. The Morgan fingerprint density at radius 2 is 2.20 bits per heavy atom. The molecule has 1 aliphatic rings. The number of amides is 2. The molecule has 0 bridgehead atoms. The van der Waals surface area contributed by atoms with Crippen molar-refractivity contribution in [1.29, 1.82) is 0 Å². The molecule has 3 N–H and O–H groups in total. The van der Waals surface area contributed by atoms with Gasteiger partial charge in [0, 0.05) is 51.6 Å². The summed E-state index contributed by atoms with van der Waals surface area (Å²) >= 11 is 1.25. The maximum atomic E-state index is 11.9. The monoisotopic (exact) mass is 297 g/mol. The summed E-state index contributed by atoms with van der Waals surface area (Å²) in [6, 6.07) is 0. The third-order valence-corrected chi connectivity index (χ3v) is 3.70. The van der Waals surface area contributed by atoms with E-state index in [2.05, 4.69) is 25.8 Å². The van der Waals surface area contributed by atoms with Crippen molar-refractivity contribution in [3.63, 3.8) is 0 Å². The fraction of sp³-hybridized carbons (Fsp3) is 0.583. The van der Waals surface area contributed by atoms with E-state index in [1.54, 1.807) is 5.38 Å². The highest BCUT2D eigenvalue weighted by Crippen LogP contribution is 2.14. The maximum Gasteiger partial charge on any atom is 0.270 e. The van der Waals surface area contributed by atoms with Gasteiger partial charge in [-0.3, -0.25) is 14.5 Å². The van der Waals surface area contributed by atoms with Crippen LogP contribution in [0.3, 0.4) is 0 Å². The normalized spacial score (nSPS) is 15.8. The van der Waals surface area contributed by atoms with Crippen LogP contribution in [0, 0.1) is 0 Å². The fourth-order valence-electron chi connectivity index (χ4n) is 1.94. The van der Waals surface area contributed by atoms with Crippen LogP contribution in [0.2, 0.25) is 0 Å². The summed E-state index contributed by atoms with van der Waals surface area (Å²) in [7, 11) is 0. The summed E-state index contributed by atoms with van der Waals surface area (Å²) in [6.07, 6.45) is 0. The van der Waals surface area contributed by atoms with E-state index in [0.717, 1.165) is 32.7 Å². The van der Waals surface area contributed by atoms with Crippen molar-refractivity contribution in [2.45, 2.75) is 6.92 Å². The number of carbonyl (C=O) groups excluding carboxylic acids is 2. The first-order valence-electron chi connectivity index (χ1n) is 6.59. The maximum absolute atomic E-state index is 11.9. The molecule has 8 heteroatoms. The first-order chi connectivity index (χ1) is 9.65. The summed E-state index contributed by atoms with van der Waals surface area (Å²) in [5.74, 6) is -0.391. The van der Waals surface area contributed by atoms with Gasteiger partial charge in [-0.05, 0) is 0 Å². The van der Waals surface area contributed by atoms with Gasteiger partial charge >= 0.3 is 0 Å². The molecule has 0 unspecified atom stereocenters. The Kier molecular flexibility index (Phi) is 5.45. The minimum Gasteiger partial charge on any atom is -0.349 e. The van der Waals surface area contributed by atoms with Crippen LogP contribution in [0.4, 0.5) is 5.13 Å². The molecule has 1 fully saturated rings. The zero-order valence-corrected chi connectivity index (χ0v) is 12.3. The number of aromatic nitrogens is 1. The van der Waals surface area contributed by atoms with Gasteiger partial charge in [-0.1, -0.05) is 0 Å². The van der Waals surface area contributed by atoms with E-state index >= 15 is 0 Å². The third-order valence-electron chi connectivity index (χ3n) is 2.94. The number of hydrogen-bond donors (Lipinski definition) is 3. The topological polar surface area (TPSA) is 86.4 Å².